The average Bonchev–Trinajstić information content (AvgIpc) is 2.89. The zero-order valence-corrected chi connectivity index (χ0v) is 29.8. The number of rotatable bonds is 27. The summed E-state index contributed by atoms with van der Waals surface area (Å²) in [6.07, 6.45) is 32.6. The Labute approximate surface area is 269 Å². The Morgan fingerprint density at radius 1 is 0.439 bits per heavy atom. The molecule has 6 nitrogen and oxygen atoms in total. The van der Waals surface area contributed by atoms with Gasteiger partial charge in [0.2, 0.25) is 0 Å². The van der Waals surface area contributed by atoms with Gasteiger partial charge in [-0.05, 0) is 25.7 Å². The van der Waals surface area contributed by atoms with Gasteiger partial charge in [0.15, 0.2) is 0 Å². The number of quaternary nitrogens is 2. The van der Waals surface area contributed by atoms with Crippen LogP contribution in [0.4, 0.5) is 0 Å². The van der Waals surface area contributed by atoms with Crippen molar-refractivity contribution in [3.05, 3.63) is 10.4 Å². The molecular formula is C34H77CuN3O3. The first-order valence-corrected chi connectivity index (χ1v) is 17.4. The minimum Gasteiger partial charge on any atom is -0.633 e. The molecule has 0 saturated carbocycles. The van der Waals surface area contributed by atoms with Gasteiger partial charge in [0, 0.05) is 23.6 Å². The first-order chi connectivity index (χ1) is 19.0. The maximum atomic E-state index is 11.4. The van der Waals surface area contributed by atoms with Gasteiger partial charge in [-0.1, -0.05) is 142 Å². The molecule has 41 heavy (non-hydrogen) atoms. The summed E-state index contributed by atoms with van der Waals surface area (Å²) in [7, 11) is 6.94. The molecule has 0 aliphatic carbocycles. The molecule has 257 valence electrons. The van der Waals surface area contributed by atoms with Crippen molar-refractivity contribution >= 4 is 0 Å². The van der Waals surface area contributed by atoms with Gasteiger partial charge in [0.05, 0.1) is 47.9 Å². The van der Waals surface area contributed by atoms with E-state index in [2.05, 4.69) is 13.8 Å². The third-order valence-electron chi connectivity index (χ3n) is 7.23. The van der Waals surface area contributed by atoms with E-state index in [-0.39, 0.29) is 33.0 Å². The molecule has 0 aromatic carbocycles. The molecule has 0 aliphatic heterocycles. The minimum atomic E-state index is -0.128. The summed E-state index contributed by atoms with van der Waals surface area (Å²) in [5, 5.41) is 30.4. The van der Waals surface area contributed by atoms with Crippen LogP contribution in [-0.2, 0) is 17.1 Å². The van der Waals surface area contributed by atoms with Crippen molar-refractivity contribution < 1.29 is 31.5 Å². The maximum absolute atomic E-state index is 11.4. The second-order valence-electron chi connectivity index (χ2n) is 12.9. The molecule has 0 rings (SSSR count). The molecule has 0 aliphatic rings. The van der Waals surface area contributed by atoms with E-state index in [0.29, 0.717) is 6.54 Å². The van der Waals surface area contributed by atoms with Crippen molar-refractivity contribution in [2.24, 2.45) is 5.73 Å². The van der Waals surface area contributed by atoms with Crippen LogP contribution in [0, 0.1) is 10.4 Å². The molecule has 3 N–H and O–H groups in total. The van der Waals surface area contributed by atoms with E-state index < -0.39 is 0 Å². The molecule has 0 aromatic rings. The first kappa shape index (κ1) is 48.2. The maximum Gasteiger partial charge on any atom is 0.0779 e. The molecule has 7 heteroatoms. The summed E-state index contributed by atoms with van der Waals surface area (Å²) in [5.41, 5.74) is 4.78. The zero-order valence-electron chi connectivity index (χ0n) is 28.8. The second kappa shape index (κ2) is 38.3. The minimum absolute atomic E-state index is 0. The molecule has 0 heterocycles. The van der Waals surface area contributed by atoms with Crippen LogP contribution in [0.15, 0.2) is 0 Å². The fraction of sp³-hybridized carbons (Fsp3) is 1.00. The number of hydrogen-bond donors (Lipinski definition) is 2. The van der Waals surface area contributed by atoms with Gasteiger partial charge in [0.1, 0.15) is 0 Å². The Hall–Kier alpha value is 0.279. The number of aliphatic hydroxyl groups is 1. The standard InChI is InChI=1S/C18H39NO.C14H31NO.C2H7NO.Cu/c1-4-5-6-7-8-9-10-11-12-13-14-15-16-17-18-19(2,3)20;1-4-5-6-7-8-9-10-11-12-13-14-15(2,3)16;3-1-2-4;/h4-18H2,1-3H3;4-14H2,1-3H3;4H,1-3H2;. The largest absolute Gasteiger partial charge is 0.633 e. The molecule has 1 radical (unpaired) electrons. The molecule has 0 atom stereocenters. The van der Waals surface area contributed by atoms with Crippen LogP contribution < -0.4 is 5.73 Å². The van der Waals surface area contributed by atoms with Crippen LogP contribution in [-0.4, -0.2) is 68.8 Å². The molecule has 0 amide bonds. The summed E-state index contributed by atoms with van der Waals surface area (Å²) < 4.78 is -0.255. The van der Waals surface area contributed by atoms with Gasteiger partial charge in [-0.2, -0.15) is 0 Å². The van der Waals surface area contributed by atoms with Gasteiger partial charge in [-0.15, -0.1) is 0 Å². The number of nitrogens with two attached hydrogens (primary N) is 1. The van der Waals surface area contributed by atoms with Crippen LogP contribution in [0.5, 0.6) is 0 Å². The summed E-state index contributed by atoms with van der Waals surface area (Å²) in [5.74, 6) is 0. The Morgan fingerprint density at radius 2 is 0.610 bits per heavy atom. The summed E-state index contributed by atoms with van der Waals surface area (Å²) in [4.78, 5) is 0. The monoisotopic (exact) mass is 639 g/mol. The summed E-state index contributed by atoms with van der Waals surface area (Å²) in [6, 6.07) is 0. The number of nitrogens with zero attached hydrogens (tertiary/aromatic N) is 2. The Balaban J connectivity index is -0.000000293. The topological polar surface area (TPSA) is 92.4 Å². The third-order valence-corrected chi connectivity index (χ3v) is 7.23. The zero-order chi connectivity index (χ0) is 30.8. The van der Waals surface area contributed by atoms with Crippen LogP contribution in [0.1, 0.15) is 168 Å². The summed E-state index contributed by atoms with van der Waals surface area (Å²) in [6.45, 7) is 6.56. The SMILES string of the molecule is CCCCCCCCCCCCCCCC[N+](C)(C)[O-].CCCCCCCCCCCC[N+](C)(C)[O-].NCCO.[Cu]. The van der Waals surface area contributed by atoms with E-state index in [1.54, 1.807) is 28.2 Å². The molecule has 0 saturated heterocycles. The quantitative estimate of drug-likeness (QED) is 0.0405. The van der Waals surface area contributed by atoms with Crippen molar-refractivity contribution in [1.82, 2.24) is 0 Å². The van der Waals surface area contributed by atoms with Crippen molar-refractivity contribution in [2.45, 2.75) is 168 Å². The Morgan fingerprint density at radius 3 is 0.756 bits per heavy atom. The number of hydrogen-bond acceptors (Lipinski definition) is 4. The third kappa shape index (κ3) is 60.3. The first-order valence-electron chi connectivity index (χ1n) is 17.4. The molecule has 0 bridgehead atoms. The predicted molar refractivity (Wildman–Crippen MR) is 179 cm³/mol. The fourth-order valence-corrected chi connectivity index (χ4v) is 4.67. The van der Waals surface area contributed by atoms with Crippen molar-refractivity contribution in [3.8, 4) is 0 Å². The Kier molecular flexibility index (Phi) is 45.0. The van der Waals surface area contributed by atoms with Gasteiger partial charge < -0.3 is 30.5 Å². The van der Waals surface area contributed by atoms with Crippen LogP contribution in [0.3, 0.4) is 0 Å². The van der Waals surface area contributed by atoms with E-state index >= 15 is 0 Å². The van der Waals surface area contributed by atoms with Crippen LogP contribution in [0.25, 0.3) is 0 Å². The molecular weight excluding hydrogens is 562 g/mol. The van der Waals surface area contributed by atoms with Crippen molar-refractivity contribution in [2.75, 3.05) is 54.4 Å². The van der Waals surface area contributed by atoms with Crippen LogP contribution in [0.2, 0.25) is 0 Å². The normalized spacial score (nSPS) is 11.3. The van der Waals surface area contributed by atoms with Gasteiger partial charge in [0.25, 0.3) is 0 Å². The Bertz CT molecular complexity index is 442. The van der Waals surface area contributed by atoms with Crippen molar-refractivity contribution in [1.29, 1.82) is 0 Å². The number of hydroxylamine groups is 6. The second-order valence-corrected chi connectivity index (χ2v) is 12.9. The fourth-order valence-electron chi connectivity index (χ4n) is 4.67. The van der Waals surface area contributed by atoms with E-state index in [1.807, 2.05) is 0 Å². The molecule has 0 spiro atoms. The smallest absolute Gasteiger partial charge is 0.0779 e. The predicted octanol–water partition coefficient (Wildman–Crippen LogP) is 9.46. The van der Waals surface area contributed by atoms with E-state index in [4.69, 9.17) is 10.8 Å². The molecule has 0 aromatic heterocycles. The van der Waals surface area contributed by atoms with Crippen LogP contribution >= 0.6 is 0 Å². The number of aliphatic hydroxyl groups excluding tert-OH is 1. The van der Waals surface area contributed by atoms with E-state index in [1.165, 1.54) is 141 Å². The van der Waals surface area contributed by atoms with Gasteiger partial charge >= 0.3 is 0 Å². The molecule has 0 unspecified atom stereocenters. The summed E-state index contributed by atoms with van der Waals surface area (Å²) >= 11 is 0. The average molecular weight is 640 g/mol. The van der Waals surface area contributed by atoms with E-state index in [9.17, 15) is 10.4 Å². The number of unbranched alkanes of at least 4 members (excludes halogenated alkanes) is 22. The van der Waals surface area contributed by atoms with Gasteiger partial charge in [-0.25, -0.2) is 0 Å². The molecule has 0 fully saturated rings. The van der Waals surface area contributed by atoms with Gasteiger partial charge in [-0.3, -0.25) is 0 Å². The van der Waals surface area contributed by atoms with Crippen molar-refractivity contribution in [3.63, 3.8) is 0 Å². The van der Waals surface area contributed by atoms with E-state index in [0.717, 1.165) is 25.9 Å².